The predicted octanol–water partition coefficient (Wildman–Crippen LogP) is 2.90. The monoisotopic (exact) mass is 261 g/mol. The fourth-order valence-corrected chi connectivity index (χ4v) is 2.26. The lowest BCUT2D eigenvalue weighted by molar-refractivity contribution is 1.40. The van der Waals surface area contributed by atoms with Crippen LogP contribution in [0.3, 0.4) is 0 Å². The van der Waals surface area contributed by atoms with E-state index >= 15 is 0 Å². The van der Waals surface area contributed by atoms with Gasteiger partial charge in [0.2, 0.25) is 0 Å². The van der Waals surface area contributed by atoms with Crippen LogP contribution in [0.2, 0.25) is 0 Å². The van der Waals surface area contributed by atoms with Crippen molar-refractivity contribution in [3.8, 4) is 0 Å². The van der Waals surface area contributed by atoms with Gasteiger partial charge in [0.1, 0.15) is 0 Å². The summed E-state index contributed by atoms with van der Waals surface area (Å²) in [6.07, 6.45) is 1.88. The molecule has 0 amide bonds. The number of aromatic nitrogens is 1. The normalized spacial score (nSPS) is 10.5. The Kier molecular flexibility index (Phi) is 1.61. The summed E-state index contributed by atoms with van der Waals surface area (Å²) in [5.41, 5.74) is 1.10. The van der Waals surface area contributed by atoms with Gasteiger partial charge in [0, 0.05) is 9.77 Å². The second-order valence-electron chi connectivity index (χ2n) is 1.96. The lowest BCUT2D eigenvalue weighted by Crippen LogP contribution is -1.73. The van der Waals surface area contributed by atoms with Crippen LogP contribution < -0.4 is 0 Å². The zero-order valence-electron chi connectivity index (χ0n) is 5.04. The molecule has 1 nitrogen and oxygen atoms in total. The van der Waals surface area contributed by atoms with E-state index in [1.54, 1.807) is 11.3 Å². The first-order chi connectivity index (χ1) is 4.86. The number of rotatable bonds is 0. The Bertz CT molecular complexity index is 355. The van der Waals surface area contributed by atoms with Gasteiger partial charge in [0.15, 0.2) is 0 Å². The van der Waals surface area contributed by atoms with E-state index in [2.05, 4.69) is 39.0 Å². The molecule has 0 saturated carbocycles. The van der Waals surface area contributed by atoms with Gasteiger partial charge in [-0.2, -0.15) is 0 Å². The molecule has 0 saturated heterocycles. The highest BCUT2D eigenvalue weighted by atomic mass is 127. The number of halogens is 1. The molecule has 0 bridgehead atoms. The third kappa shape index (κ3) is 1.03. The van der Waals surface area contributed by atoms with E-state index in [4.69, 9.17) is 0 Å². The molecule has 2 aromatic heterocycles. The summed E-state index contributed by atoms with van der Waals surface area (Å²) in [5.74, 6) is 0. The van der Waals surface area contributed by atoms with Crippen molar-refractivity contribution in [1.29, 1.82) is 0 Å². The fourth-order valence-electron chi connectivity index (χ4n) is 0.823. The molecule has 2 aromatic rings. The summed E-state index contributed by atoms with van der Waals surface area (Å²) in [6.45, 7) is 0. The molecule has 0 unspecified atom stereocenters. The lowest BCUT2D eigenvalue weighted by atomic mass is 10.4. The SMILES string of the molecule is Ic1cnc2ccsc2c1. The smallest absolute Gasteiger partial charge is 0.0810 e. The van der Waals surface area contributed by atoms with Gasteiger partial charge in [-0.05, 0) is 40.1 Å². The molecule has 0 fully saturated rings. The maximum Gasteiger partial charge on any atom is 0.0810 e. The first kappa shape index (κ1) is 6.54. The van der Waals surface area contributed by atoms with Crippen molar-refractivity contribution < 1.29 is 0 Å². The van der Waals surface area contributed by atoms with Crippen LogP contribution in [-0.4, -0.2) is 4.98 Å². The van der Waals surface area contributed by atoms with Crippen molar-refractivity contribution in [3.05, 3.63) is 27.3 Å². The quantitative estimate of drug-likeness (QED) is 0.664. The molecule has 0 aliphatic rings. The minimum absolute atomic E-state index is 1.10. The fraction of sp³-hybridized carbons (Fsp3) is 0. The van der Waals surface area contributed by atoms with E-state index in [9.17, 15) is 0 Å². The summed E-state index contributed by atoms with van der Waals surface area (Å²) >= 11 is 4.00. The third-order valence-corrected chi connectivity index (χ3v) is 2.71. The molecule has 0 aromatic carbocycles. The van der Waals surface area contributed by atoms with Crippen LogP contribution in [0.4, 0.5) is 0 Å². The maximum absolute atomic E-state index is 4.24. The highest BCUT2D eigenvalue weighted by Gasteiger charge is 1.94. The van der Waals surface area contributed by atoms with Gasteiger partial charge in [-0.15, -0.1) is 11.3 Å². The average Bonchev–Trinajstić information content (AvgIpc) is 2.33. The molecule has 0 N–H and O–H groups in total. The van der Waals surface area contributed by atoms with Crippen LogP contribution in [0.25, 0.3) is 10.2 Å². The van der Waals surface area contributed by atoms with Gasteiger partial charge in [0.05, 0.1) is 10.2 Å². The van der Waals surface area contributed by atoms with Gasteiger partial charge >= 0.3 is 0 Å². The number of nitrogens with zero attached hydrogens (tertiary/aromatic N) is 1. The first-order valence-corrected chi connectivity index (χ1v) is 4.81. The summed E-state index contributed by atoms with van der Waals surface area (Å²) < 4.78 is 2.47. The van der Waals surface area contributed by atoms with Crippen molar-refractivity contribution in [2.45, 2.75) is 0 Å². The molecule has 50 valence electrons. The van der Waals surface area contributed by atoms with Gasteiger partial charge in [0.25, 0.3) is 0 Å². The average molecular weight is 261 g/mol. The topological polar surface area (TPSA) is 12.9 Å². The molecule has 2 heterocycles. The lowest BCUT2D eigenvalue weighted by Gasteiger charge is -1.87. The number of fused-ring (bicyclic) bond motifs is 1. The van der Waals surface area contributed by atoms with E-state index in [0.29, 0.717) is 0 Å². The van der Waals surface area contributed by atoms with Gasteiger partial charge in [-0.3, -0.25) is 4.98 Å². The molecule has 10 heavy (non-hydrogen) atoms. The molecule has 0 radical (unpaired) electrons. The Labute approximate surface area is 76.2 Å². The first-order valence-electron chi connectivity index (χ1n) is 2.85. The van der Waals surface area contributed by atoms with Crippen molar-refractivity contribution >= 4 is 44.1 Å². The van der Waals surface area contributed by atoms with Gasteiger partial charge in [-0.25, -0.2) is 0 Å². The summed E-state index contributed by atoms with van der Waals surface area (Å²) in [5, 5.41) is 2.06. The molecule has 2 rings (SSSR count). The van der Waals surface area contributed by atoms with Crippen molar-refractivity contribution in [2.24, 2.45) is 0 Å². The van der Waals surface area contributed by atoms with Crippen molar-refractivity contribution in [2.75, 3.05) is 0 Å². The zero-order valence-corrected chi connectivity index (χ0v) is 8.02. The van der Waals surface area contributed by atoms with Gasteiger partial charge < -0.3 is 0 Å². The summed E-state index contributed by atoms with van der Waals surface area (Å²) in [6, 6.07) is 4.18. The Hall–Kier alpha value is -0.160. The van der Waals surface area contributed by atoms with Crippen molar-refractivity contribution in [1.82, 2.24) is 4.98 Å². The molecule has 3 heteroatoms. The molecule has 0 atom stereocenters. The molecule has 0 aliphatic carbocycles. The maximum atomic E-state index is 4.24. The van der Waals surface area contributed by atoms with Crippen LogP contribution >= 0.6 is 33.9 Å². The molecule has 0 aliphatic heterocycles. The molecular formula is C7H4INS. The van der Waals surface area contributed by atoms with E-state index in [1.165, 1.54) is 8.27 Å². The zero-order chi connectivity index (χ0) is 6.97. The number of thiophene rings is 1. The van der Waals surface area contributed by atoms with Crippen LogP contribution in [0.1, 0.15) is 0 Å². The highest BCUT2D eigenvalue weighted by Crippen LogP contribution is 2.19. The molecular weight excluding hydrogens is 257 g/mol. The summed E-state index contributed by atoms with van der Waals surface area (Å²) in [4.78, 5) is 4.24. The van der Waals surface area contributed by atoms with E-state index in [-0.39, 0.29) is 0 Å². The van der Waals surface area contributed by atoms with E-state index in [1.807, 2.05) is 12.3 Å². The largest absolute Gasteiger partial charge is 0.254 e. The Morgan fingerprint density at radius 1 is 1.50 bits per heavy atom. The van der Waals surface area contributed by atoms with Crippen LogP contribution in [0.15, 0.2) is 23.7 Å². The summed E-state index contributed by atoms with van der Waals surface area (Å²) in [7, 11) is 0. The Morgan fingerprint density at radius 2 is 2.40 bits per heavy atom. The van der Waals surface area contributed by atoms with Crippen LogP contribution in [0, 0.1) is 3.57 Å². The minimum Gasteiger partial charge on any atom is -0.254 e. The Morgan fingerprint density at radius 3 is 3.30 bits per heavy atom. The minimum atomic E-state index is 1.10. The standard InChI is InChI=1S/C7H4INS/c8-5-3-7-6(9-4-5)1-2-10-7/h1-4H. The predicted molar refractivity (Wildman–Crippen MR) is 52.3 cm³/mol. The highest BCUT2D eigenvalue weighted by molar-refractivity contribution is 14.1. The van der Waals surface area contributed by atoms with Crippen LogP contribution in [-0.2, 0) is 0 Å². The van der Waals surface area contributed by atoms with E-state index in [0.717, 1.165) is 5.52 Å². The number of pyridine rings is 1. The number of hydrogen-bond acceptors (Lipinski definition) is 2. The number of hydrogen-bond donors (Lipinski definition) is 0. The second kappa shape index (κ2) is 2.47. The van der Waals surface area contributed by atoms with Gasteiger partial charge in [-0.1, -0.05) is 0 Å². The third-order valence-electron chi connectivity index (χ3n) is 1.27. The van der Waals surface area contributed by atoms with E-state index < -0.39 is 0 Å². The Balaban J connectivity index is 2.86. The molecule has 0 spiro atoms. The van der Waals surface area contributed by atoms with Crippen molar-refractivity contribution in [3.63, 3.8) is 0 Å². The van der Waals surface area contributed by atoms with Crippen LogP contribution in [0.5, 0.6) is 0 Å². The second-order valence-corrected chi connectivity index (χ2v) is 4.15.